The van der Waals surface area contributed by atoms with Crippen LogP contribution in [0.1, 0.15) is 35.8 Å². The van der Waals surface area contributed by atoms with E-state index in [1.165, 1.54) is 29.2 Å². The molecule has 0 N–H and O–H groups in total. The maximum absolute atomic E-state index is 13.4. The molecule has 1 amide bonds. The van der Waals surface area contributed by atoms with Crippen LogP contribution >= 0.6 is 11.6 Å². The number of carbonyl (C=O) groups excluding carboxylic acids is 1. The summed E-state index contributed by atoms with van der Waals surface area (Å²) in [6.07, 6.45) is 1.61. The van der Waals surface area contributed by atoms with Crippen LogP contribution in [0, 0.1) is 5.82 Å². The average molecular weight is 490 g/mol. The fourth-order valence-electron chi connectivity index (χ4n) is 3.32. The number of benzene rings is 1. The first-order valence-corrected chi connectivity index (χ1v) is 13.4. The van der Waals surface area contributed by atoms with Crippen molar-refractivity contribution in [3.05, 3.63) is 52.6 Å². The summed E-state index contributed by atoms with van der Waals surface area (Å²) in [7, 11) is -7.12. The Hall–Kier alpha value is -2.11. The van der Waals surface area contributed by atoms with Crippen molar-refractivity contribution in [2.75, 3.05) is 17.3 Å². The number of aromatic nitrogens is 2. The monoisotopic (exact) mass is 489 g/mol. The fourth-order valence-corrected chi connectivity index (χ4v) is 6.39. The Balaban J connectivity index is 2.00. The molecule has 2 heterocycles. The number of sulfone groups is 2. The molecule has 8 nitrogen and oxygen atoms in total. The average Bonchev–Trinajstić information content (AvgIpc) is 3.06. The zero-order valence-electron chi connectivity index (χ0n) is 16.7. The van der Waals surface area contributed by atoms with Crippen LogP contribution in [-0.2, 0) is 26.2 Å². The van der Waals surface area contributed by atoms with E-state index in [-0.39, 0.29) is 40.9 Å². The molecule has 12 heteroatoms. The highest BCUT2D eigenvalue weighted by atomic mass is 35.5. The zero-order valence-corrected chi connectivity index (χ0v) is 19.1. The van der Waals surface area contributed by atoms with Crippen molar-refractivity contribution >= 4 is 37.2 Å². The van der Waals surface area contributed by atoms with E-state index in [4.69, 9.17) is 11.6 Å². The van der Waals surface area contributed by atoms with E-state index in [9.17, 15) is 26.0 Å². The number of carbonyl (C=O) groups is 1. The summed E-state index contributed by atoms with van der Waals surface area (Å²) in [5, 5.41) is -0.659. The molecule has 0 bridgehead atoms. The van der Waals surface area contributed by atoms with Crippen molar-refractivity contribution in [2.45, 2.75) is 37.5 Å². The van der Waals surface area contributed by atoms with Gasteiger partial charge in [-0.25, -0.2) is 31.2 Å². The lowest BCUT2D eigenvalue weighted by Gasteiger charge is -2.28. The maximum Gasteiger partial charge on any atom is 0.274 e. The van der Waals surface area contributed by atoms with Crippen LogP contribution in [0.4, 0.5) is 4.39 Å². The van der Waals surface area contributed by atoms with Gasteiger partial charge in [0, 0.05) is 12.6 Å². The number of hydrogen-bond donors (Lipinski definition) is 0. The van der Waals surface area contributed by atoms with Crippen molar-refractivity contribution in [1.82, 2.24) is 14.9 Å². The highest BCUT2D eigenvalue weighted by molar-refractivity contribution is 7.91. The molecular formula is C19H21ClFN3O5S2. The van der Waals surface area contributed by atoms with Gasteiger partial charge in [0.15, 0.2) is 15.5 Å². The molecule has 0 aliphatic carbocycles. The molecule has 1 aromatic carbocycles. The van der Waals surface area contributed by atoms with Crippen molar-refractivity contribution < 1.29 is 26.0 Å². The van der Waals surface area contributed by atoms with Crippen molar-refractivity contribution in [3.8, 4) is 0 Å². The van der Waals surface area contributed by atoms with Crippen molar-refractivity contribution in [3.63, 3.8) is 0 Å². The van der Waals surface area contributed by atoms with Crippen molar-refractivity contribution in [2.24, 2.45) is 0 Å². The summed E-state index contributed by atoms with van der Waals surface area (Å²) in [6, 6.07) is 4.78. The Bertz CT molecular complexity index is 1190. The topological polar surface area (TPSA) is 114 Å². The number of halogens is 2. The lowest BCUT2D eigenvalue weighted by Crippen LogP contribution is -2.41. The van der Waals surface area contributed by atoms with Gasteiger partial charge in [0.1, 0.15) is 5.82 Å². The van der Waals surface area contributed by atoms with Crippen LogP contribution in [-0.4, -0.2) is 60.9 Å². The van der Waals surface area contributed by atoms with Crippen LogP contribution < -0.4 is 0 Å². The Morgan fingerprint density at radius 2 is 1.97 bits per heavy atom. The van der Waals surface area contributed by atoms with Gasteiger partial charge in [-0.3, -0.25) is 4.79 Å². The van der Waals surface area contributed by atoms with Gasteiger partial charge in [-0.15, -0.1) is 0 Å². The number of amides is 1. The molecule has 1 aliphatic rings. The van der Waals surface area contributed by atoms with Gasteiger partial charge >= 0.3 is 0 Å². The lowest BCUT2D eigenvalue weighted by molar-refractivity contribution is 0.0674. The van der Waals surface area contributed by atoms with Crippen LogP contribution in [0.3, 0.4) is 0 Å². The van der Waals surface area contributed by atoms with Crippen molar-refractivity contribution in [1.29, 1.82) is 0 Å². The van der Waals surface area contributed by atoms with Crippen LogP contribution in [0.2, 0.25) is 5.02 Å². The SMILES string of the molecule is CCCS(=O)(=O)c1ncc(Cl)c(C(=O)N(Cc2ccc(F)cc2)[C@H]2CCS(=O)(=O)C2)n1. The third kappa shape index (κ3) is 5.58. The summed E-state index contributed by atoms with van der Waals surface area (Å²) in [6.45, 7) is 1.67. The summed E-state index contributed by atoms with van der Waals surface area (Å²) in [4.78, 5) is 22.3. The molecule has 1 fully saturated rings. The first-order chi connectivity index (χ1) is 14.5. The highest BCUT2D eigenvalue weighted by Crippen LogP contribution is 2.25. The van der Waals surface area contributed by atoms with Crippen LogP contribution in [0.5, 0.6) is 0 Å². The minimum Gasteiger partial charge on any atom is -0.329 e. The molecular weight excluding hydrogens is 469 g/mol. The Labute approximate surface area is 185 Å². The largest absolute Gasteiger partial charge is 0.329 e. The predicted molar refractivity (Wildman–Crippen MR) is 113 cm³/mol. The van der Waals surface area contributed by atoms with E-state index >= 15 is 0 Å². The maximum atomic E-state index is 13.4. The van der Waals surface area contributed by atoms with Crippen LogP contribution in [0.15, 0.2) is 35.6 Å². The standard InChI is InChI=1S/C19H21ClFN3O5S2/c1-2-8-31(28,29)19-22-10-16(20)17(23-19)18(25)24(15-7-9-30(26,27)12-15)11-13-3-5-14(21)6-4-13/h3-6,10,15H,2,7-9,11-12H2,1H3/t15-/m0/s1. The van der Waals surface area contributed by atoms with E-state index < -0.39 is 42.6 Å². The molecule has 0 saturated carbocycles. The number of rotatable bonds is 7. The smallest absolute Gasteiger partial charge is 0.274 e. The van der Waals surface area contributed by atoms with E-state index in [1.807, 2.05) is 0 Å². The molecule has 1 aliphatic heterocycles. The highest BCUT2D eigenvalue weighted by Gasteiger charge is 2.36. The molecule has 1 atom stereocenters. The summed E-state index contributed by atoms with van der Waals surface area (Å²) < 4.78 is 62.0. The second-order valence-corrected chi connectivity index (χ2v) is 11.9. The molecule has 2 aromatic rings. The Morgan fingerprint density at radius 3 is 2.55 bits per heavy atom. The van der Waals surface area contributed by atoms with Gasteiger partial charge in [0.25, 0.3) is 5.91 Å². The van der Waals surface area contributed by atoms with E-state index in [2.05, 4.69) is 9.97 Å². The van der Waals surface area contributed by atoms with E-state index in [0.29, 0.717) is 12.0 Å². The first kappa shape index (κ1) is 23.6. The van der Waals surface area contributed by atoms with Gasteiger partial charge in [-0.1, -0.05) is 30.7 Å². The summed E-state index contributed by atoms with van der Waals surface area (Å²) in [5.74, 6) is -1.66. The van der Waals surface area contributed by atoms with Gasteiger partial charge in [0.2, 0.25) is 15.0 Å². The van der Waals surface area contributed by atoms with Gasteiger partial charge in [0.05, 0.1) is 28.5 Å². The zero-order chi connectivity index (χ0) is 22.8. The molecule has 1 aromatic heterocycles. The minimum absolute atomic E-state index is 0.0172. The predicted octanol–water partition coefficient (Wildman–Crippen LogP) is 2.28. The van der Waals surface area contributed by atoms with Gasteiger partial charge in [-0.05, 0) is 30.5 Å². The third-order valence-electron chi connectivity index (χ3n) is 4.85. The third-order valence-corrected chi connectivity index (χ3v) is 8.58. The summed E-state index contributed by atoms with van der Waals surface area (Å²) in [5.41, 5.74) is 0.251. The van der Waals surface area contributed by atoms with Gasteiger partial charge < -0.3 is 4.90 Å². The molecule has 0 unspecified atom stereocenters. The first-order valence-electron chi connectivity index (χ1n) is 9.53. The molecule has 3 rings (SSSR count). The van der Waals surface area contributed by atoms with Gasteiger partial charge in [-0.2, -0.15) is 0 Å². The second kappa shape index (κ2) is 9.17. The Kier molecular flexibility index (Phi) is 6.97. The molecule has 31 heavy (non-hydrogen) atoms. The second-order valence-electron chi connectivity index (χ2n) is 7.28. The van der Waals surface area contributed by atoms with E-state index in [1.54, 1.807) is 6.92 Å². The molecule has 168 valence electrons. The fraction of sp³-hybridized carbons (Fsp3) is 0.421. The quantitative estimate of drug-likeness (QED) is 0.548. The molecule has 1 saturated heterocycles. The number of nitrogens with zero attached hydrogens (tertiary/aromatic N) is 3. The minimum atomic E-state index is -3.80. The lowest BCUT2D eigenvalue weighted by atomic mass is 10.1. The van der Waals surface area contributed by atoms with Crippen LogP contribution in [0.25, 0.3) is 0 Å². The molecule has 0 spiro atoms. The van der Waals surface area contributed by atoms with E-state index in [0.717, 1.165) is 6.20 Å². The summed E-state index contributed by atoms with van der Waals surface area (Å²) >= 11 is 6.11. The number of hydrogen-bond acceptors (Lipinski definition) is 7. The molecule has 0 radical (unpaired) electrons. The normalized spacial score (nSPS) is 18.1. The Morgan fingerprint density at radius 1 is 1.29 bits per heavy atom.